The van der Waals surface area contributed by atoms with E-state index in [0.29, 0.717) is 5.92 Å². The van der Waals surface area contributed by atoms with Crippen molar-refractivity contribution < 1.29 is 15.0 Å². The molecule has 4 nitrogen and oxygen atoms in total. The summed E-state index contributed by atoms with van der Waals surface area (Å²) >= 11 is 0. The predicted octanol–water partition coefficient (Wildman–Crippen LogP) is 3.04. The van der Waals surface area contributed by atoms with Gasteiger partial charge in [0.05, 0.1) is 5.56 Å². The molecule has 0 spiro atoms. The van der Waals surface area contributed by atoms with E-state index in [9.17, 15) is 15.0 Å². The SMILES string of the molecule is CC(C)CCCC(C)NC(=O)c1cccc(O)c1O. The van der Waals surface area contributed by atoms with E-state index in [0.717, 1.165) is 19.3 Å². The van der Waals surface area contributed by atoms with E-state index in [1.54, 1.807) is 0 Å². The van der Waals surface area contributed by atoms with Gasteiger partial charge in [-0.1, -0.05) is 32.8 Å². The molecule has 0 aliphatic heterocycles. The van der Waals surface area contributed by atoms with Gasteiger partial charge in [0.25, 0.3) is 5.91 Å². The largest absolute Gasteiger partial charge is 0.504 e. The Morgan fingerprint density at radius 3 is 2.53 bits per heavy atom. The molecule has 19 heavy (non-hydrogen) atoms. The fraction of sp³-hybridized carbons (Fsp3) is 0.533. The van der Waals surface area contributed by atoms with Crippen LogP contribution in [0.3, 0.4) is 0 Å². The zero-order valence-electron chi connectivity index (χ0n) is 11.8. The van der Waals surface area contributed by atoms with E-state index in [2.05, 4.69) is 19.2 Å². The summed E-state index contributed by atoms with van der Waals surface area (Å²) < 4.78 is 0. The highest BCUT2D eigenvalue weighted by Gasteiger charge is 2.15. The zero-order chi connectivity index (χ0) is 14.4. The molecule has 0 heterocycles. The van der Waals surface area contributed by atoms with E-state index < -0.39 is 0 Å². The minimum Gasteiger partial charge on any atom is -0.504 e. The first-order chi connectivity index (χ1) is 8.91. The quantitative estimate of drug-likeness (QED) is 0.692. The Bertz CT molecular complexity index is 429. The molecule has 0 saturated heterocycles. The van der Waals surface area contributed by atoms with Crippen LogP contribution < -0.4 is 5.32 Å². The molecule has 1 unspecified atom stereocenters. The Labute approximate surface area is 114 Å². The molecule has 0 radical (unpaired) electrons. The van der Waals surface area contributed by atoms with Crippen molar-refractivity contribution in [2.75, 3.05) is 0 Å². The van der Waals surface area contributed by atoms with E-state index in [1.807, 2.05) is 6.92 Å². The second-order valence-electron chi connectivity index (χ2n) is 5.37. The van der Waals surface area contributed by atoms with Gasteiger partial charge in [0.2, 0.25) is 0 Å². The summed E-state index contributed by atoms with van der Waals surface area (Å²) in [6.45, 7) is 6.29. The number of hydrogen-bond donors (Lipinski definition) is 3. The number of phenols is 2. The maximum Gasteiger partial charge on any atom is 0.255 e. The van der Waals surface area contributed by atoms with E-state index in [1.165, 1.54) is 18.2 Å². The van der Waals surface area contributed by atoms with Gasteiger partial charge in [-0.05, 0) is 31.4 Å². The number of rotatable bonds is 6. The number of carbonyl (C=O) groups is 1. The molecule has 3 N–H and O–H groups in total. The Balaban J connectivity index is 2.52. The minimum absolute atomic E-state index is 0.0491. The number of nitrogens with one attached hydrogen (secondary N) is 1. The molecule has 1 aromatic rings. The molecule has 0 aromatic heterocycles. The number of hydrogen-bond acceptors (Lipinski definition) is 3. The molecule has 1 rings (SSSR count). The van der Waals surface area contributed by atoms with Crippen molar-refractivity contribution in [1.82, 2.24) is 5.32 Å². The summed E-state index contributed by atoms with van der Waals surface area (Å²) in [4.78, 5) is 11.9. The van der Waals surface area contributed by atoms with E-state index >= 15 is 0 Å². The number of phenolic OH excluding ortho intramolecular Hbond substituents is 2. The van der Waals surface area contributed by atoms with Crippen molar-refractivity contribution in [2.45, 2.75) is 46.1 Å². The number of amides is 1. The van der Waals surface area contributed by atoms with Crippen LogP contribution in [0.1, 0.15) is 50.4 Å². The molecule has 1 amide bonds. The van der Waals surface area contributed by atoms with Gasteiger partial charge < -0.3 is 15.5 Å². The third-order valence-corrected chi connectivity index (χ3v) is 3.06. The molecule has 106 valence electrons. The highest BCUT2D eigenvalue weighted by molar-refractivity contribution is 5.97. The van der Waals surface area contributed by atoms with Crippen molar-refractivity contribution >= 4 is 5.91 Å². The summed E-state index contributed by atoms with van der Waals surface area (Å²) in [5, 5.41) is 21.8. The normalized spacial score (nSPS) is 12.4. The molecule has 0 bridgehead atoms. The van der Waals surface area contributed by atoms with Crippen LogP contribution in [0.4, 0.5) is 0 Å². The van der Waals surface area contributed by atoms with Crippen molar-refractivity contribution in [3.63, 3.8) is 0 Å². The third kappa shape index (κ3) is 4.81. The maximum absolute atomic E-state index is 11.9. The number of benzene rings is 1. The lowest BCUT2D eigenvalue weighted by Crippen LogP contribution is -2.32. The van der Waals surface area contributed by atoms with Crippen LogP contribution in [0.5, 0.6) is 11.5 Å². The van der Waals surface area contributed by atoms with Gasteiger partial charge in [0, 0.05) is 6.04 Å². The maximum atomic E-state index is 11.9. The first kappa shape index (κ1) is 15.3. The third-order valence-electron chi connectivity index (χ3n) is 3.06. The summed E-state index contributed by atoms with van der Waals surface area (Å²) in [6.07, 6.45) is 3.10. The topological polar surface area (TPSA) is 69.6 Å². The lowest BCUT2D eigenvalue weighted by atomic mass is 10.0. The van der Waals surface area contributed by atoms with Gasteiger partial charge in [-0.15, -0.1) is 0 Å². The number of carbonyl (C=O) groups excluding carboxylic acids is 1. The van der Waals surface area contributed by atoms with E-state index in [4.69, 9.17) is 0 Å². The molecule has 0 aliphatic rings. The fourth-order valence-electron chi connectivity index (χ4n) is 1.92. The molecule has 1 aromatic carbocycles. The van der Waals surface area contributed by atoms with Crippen LogP contribution >= 0.6 is 0 Å². The molecule has 4 heteroatoms. The van der Waals surface area contributed by atoms with Crippen LogP contribution in [-0.2, 0) is 0 Å². The average Bonchev–Trinajstić information content (AvgIpc) is 2.31. The van der Waals surface area contributed by atoms with Gasteiger partial charge >= 0.3 is 0 Å². The Morgan fingerprint density at radius 1 is 1.21 bits per heavy atom. The molecule has 1 atom stereocenters. The lowest BCUT2D eigenvalue weighted by molar-refractivity contribution is 0.0934. The Morgan fingerprint density at radius 2 is 1.89 bits per heavy atom. The Kier molecular flexibility index (Phi) is 5.67. The highest BCUT2D eigenvalue weighted by Crippen LogP contribution is 2.28. The van der Waals surface area contributed by atoms with E-state index in [-0.39, 0.29) is 29.0 Å². The smallest absolute Gasteiger partial charge is 0.255 e. The van der Waals surface area contributed by atoms with Crippen molar-refractivity contribution in [3.8, 4) is 11.5 Å². The zero-order valence-corrected chi connectivity index (χ0v) is 11.8. The van der Waals surface area contributed by atoms with Gasteiger partial charge in [-0.3, -0.25) is 4.79 Å². The molecular formula is C15H23NO3. The van der Waals surface area contributed by atoms with Gasteiger partial charge in [-0.25, -0.2) is 0 Å². The van der Waals surface area contributed by atoms with Crippen molar-refractivity contribution in [2.24, 2.45) is 5.92 Å². The first-order valence-corrected chi connectivity index (χ1v) is 6.73. The lowest BCUT2D eigenvalue weighted by Gasteiger charge is -2.15. The average molecular weight is 265 g/mol. The van der Waals surface area contributed by atoms with Gasteiger partial charge in [0.1, 0.15) is 0 Å². The van der Waals surface area contributed by atoms with Crippen LogP contribution in [-0.4, -0.2) is 22.2 Å². The molecule has 0 saturated carbocycles. The molecule has 0 aliphatic carbocycles. The Hall–Kier alpha value is -1.71. The first-order valence-electron chi connectivity index (χ1n) is 6.73. The summed E-state index contributed by atoms with van der Waals surface area (Å²) in [5.74, 6) is -0.335. The monoisotopic (exact) mass is 265 g/mol. The van der Waals surface area contributed by atoms with Crippen LogP contribution in [0.2, 0.25) is 0 Å². The second kappa shape index (κ2) is 7.02. The summed E-state index contributed by atoms with van der Waals surface area (Å²) in [7, 11) is 0. The van der Waals surface area contributed by atoms with Crippen molar-refractivity contribution in [1.29, 1.82) is 0 Å². The van der Waals surface area contributed by atoms with Gasteiger partial charge in [0.15, 0.2) is 11.5 Å². The van der Waals surface area contributed by atoms with Crippen LogP contribution in [0.15, 0.2) is 18.2 Å². The van der Waals surface area contributed by atoms with Crippen molar-refractivity contribution in [3.05, 3.63) is 23.8 Å². The highest BCUT2D eigenvalue weighted by atomic mass is 16.3. The predicted molar refractivity (Wildman–Crippen MR) is 75.4 cm³/mol. The number of para-hydroxylation sites is 1. The van der Waals surface area contributed by atoms with Crippen LogP contribution in [0, 0.1) is 5.92 Å². The van der Waals surface area contributed by atoms with Crippen LogP contribution in [0.25, 0.3) is 0 Å². The molecular weight excluding hydrogens is 242 g/mol. The minimum atomic E-state index is -0.366. The van der Waals surface area contributed by atoms with Gasteiger partial charge in [-0.2, -0.15) is 0 Å². The standard InChI is InChI=1S/C15H23NO3/c1-10(2)6-4-7-11(3)16-15(19)12-8-5-9-13(17)14(12)18/h5,8-11,17-18H,4,6-7H2,1-3H3,(H,16,19). The fourth-order valence-corrected chi connectivity index (χ4v) is 1.92. The second-order valence-corrected chi connectivity index (χ2v) is 5.37. The molecule has 0 fully saturated rings. The number of aromatic hydroxyl groups is 2. The summed E-state index contributed by atoms with van der Waals surface area (Å²) in [6, 6.07) is 4.42. The summed E-state index contributed by atoms with van der Waals surface area (Å²) in [5.41, 5.74) is 0.107.